The van der Waals surface area contributed by atoms with Crippen LogP contribution in [0, 0.1) is 22.7 Å². The highest BCUT2D eigenvalue weighted by molar-refractivity contribution is 6.74. The van der Waals surface area contributed by atoms with E-state index in [1.54, 1.807) is 13.2 Å². The van der Waals surface area contributed by atoms with Gasteiger partial charge in [-0.15, -0.1) is 0 Å². The second-order valence-corrected chi connectivity index (χ2v) is 12.3. The number of nitrogens with zero attached hydrogens (tertiary/aromatic N) is 1. The van der Waals surface area contributed by atoms with Crippen molar-refractivity contribution < 1.29 is 14.0 Å². The fourth-order valence-corrected chi connectivity index (χ4v) is 3.03. The van der Waals surface area contributed by atoms with Crippen molar-refractivity contribution in [2.45, 2.75) is 65.1 Å². The number of carbonyl (C=O) groups is 1. The molecular weight excluding hydrogens is 294 g/mol. The van der Waals surface area contributed by atoms with E-state index in [9.17, 15) is 10.1 Å². The van der Waals surface area contributed by atoms with Gasteiger partial charge in [0.05, 0.1) is 30.8 Å². The lowest BCUT2D eigenvalue weighted by molar-refractivity contribution is -0.146. The number of hydrogen-bond donors (Lipinski definition) is 0. The van der Waals surface area contributed by atoms with Gasteiger partial charge in [0.25, 0.3) is 0 Å². The molecule has 0 spiro atoms. The molecule has 1 aliphatic carbocycles. The Hall–Kier alpha value is -1.28. The Morgan fingerprint density at radius 2 is 2.09 bits per heavy atom. The molecule has 0 N–H and O–H groups in total. The summed E-state index contributed by atoms with van der Waals surface area (Å²) in [4.78, 5) is 11.6. The minimum atomic E-state index is -1.86. The molecule has 1 rings (SSSR count). The smallest absolute Gasteiger partial charge is 0.306 e. The normalized spacial score (nSPS) is 25.4. The van der Waals surface area contributed by atoms with Gasteiger partial charge in [-0.2, -0.15) is 5.26 Å². The van der Waals surface area contributed by atoms with Crippen molar-refractivity contribution in [3.63, 3.8) is 0 Å². The molecule has 0 aromatic heterocycles. The molecule has 124 valence electrons. The van der Waals surface area contributed by atoms with E-state index in [0.717, 1.165) is 12.8 Å². The Kier molecular flexibility index (Phi) is 5.86. The number of ether oxygens (including phenoxy) is 1. The molecule has 0 radical (unpaired) electrons. The minimum absolute atomic E-state index is 0.0378. The first-order valence-electron chi connectivity index (χ1n) is 8.00. The second-order valence-electron chi connectivity index (χ2n) is 7.58. The molecule has 1 fully saturated rings. The minimum Gasteiger partial charge on any atom is -0.549 e. The molecule has 1 aliphatic rings. The van der Waals surface area contributed by atoms with Gasteiger partial charge in [0.2, 0.25) is 8.32 Å². The van der Waals surface area contributed by atoms with Gasteiger partial charge >= 0.3 is 5.97 Å². The summed E-state index contributed by atoms with van der Waals surface area (Å²) in [7, 11) is -1.86. The molecule has 0 amide bonds. The van der Waals surface area contributed by atoms with Crippen LogP contribution < -0.4 is 0 Å². The standard InChI is InChI=1S/C17H29NO3Si/c1-7-20-15(19)12-14-8-9-17(14,13-18)10-11-21-22(5,6)16(2,3)4/h10-11,14H,7-9,12H2,1-6H3/b11-10+/t14-,17-/m0/s1. The number of esters is 1. The second kappa shape index (κ2) is 6.87. The van der Waals surface area contributed by atoms with Gasteiger partial charge in [-0.05, 0) is 49.9 Å². The third-order valence-electron chi connectivity index (χ3n) is 5.10. The molecule has 22 heavy (non-hydrogen) atoms. The molecule has 0 aliphatic heterocycles. The lowest BCUT2D eigenvalue weighted by atomic mass is 9.60. The lowest BCUT2D eigenvalue weighted by Crippen LogP contribution is -2.41. The molecule has 4 nitrogen and oxygen atoms in total. The Morgan fingerprint density at radius 1 is 1.45 bits per heavy atom. The van der Waals surface area contributed by atoms with Crippen LogP contribution >= 0.6 is 0 Å². The highest BCUT2D eigenvalue weighted by Crippen LogP contribution is 2.49. The summed E-state index contributed by atoms with van der Waals surface area (Å²) in [5.74, 6) is -0.179. The molecule has 0 saturated heterocycles. The van der Waals surface area contributed by atoms with Crippen molar-refractivity contribution in [1.29, 1.82) is 5.26 Å². The number of rotatable bonds is 6. The van der Waals surface area contributed by atoms with E-state index in [0.29, 0.717) is 13.0 Å². The van der Waals surface area contributed by atoms with Gasteiger partial charge in [-0.3, -0.25) is 4.79 Å². The molecule has 0 aromatic rings. The van der Waals surface area contributed by atoms with Crippen LogP contribution in [0.5, 0.6) is 0 Å². The average molecular weight is 324 g/mol. The van der Waals surface area contributed by atoms with Crippen LogP contribution in [-0.2, 0) is 14.0 Å². The van der Waals surface area contributed by atoms with Crippen molar-refractivity contribution in [3.8, 4) is 6.07 Å². The SMILES string of the molecule is CCOC(=O)C[C@@H]1CC[C@@]1(C#N)/C=C/O[Si](C)(C)C(C)(C)C. The summed E-state index contributed by atoms with van der Waals surface area (Å²) in [6.07, 6.45) is 5.55. The maximum absolute atomic E-state index is 11.6. The maximum Gasteiger partial charge on any atom is 0.306 e. The topological polar surface area (TPSA) is 59.3 Å². The molecule has 5 heteroatoms. The number of allylic oxidation sites excluding steroid dienone is 1. The zero-order chi connectivity index (χ0) is 17.0. The van der Waals surface area contributed by atoms with E-state index in [2.05, 4.69) is 39.9 Å². The average Bonchev–Trinajstić information content (AvgIpc) is 2.39. The Labute approximate surface area is 135 Å². The molecule has 0 unspecified atom stereocenters. The Morgan fingerprint density at radius 3 is 2.50 bits per heavy atom. The van der Waals surface area contributed by atoms with Gasteiger partial charge in [0.15, 0.2) is 0 Å². The first kappa shape index (κ1) is 18.8. The molecule has 0 aromatic carbocycles. The van der Waals surface area contributed by atoms with Crippen LogP contribution in [-0.4, -0.2) is 20.9 Å². The summed E-state index contributed by atoms with van der Waals surface area (Å²) in [5.41, 5.74) is -0.574. The van der Waals surface area contributed by atoms with Crippen molar-refractivity contribution in [1.82, 2.24) is 0 Å². The summed E-state index contributed by atoms with van der Waals surface area (Å²) < 4.78 is 11.0. The first-order chi connectivity index (χ1) is 10.1. The van der Waals surface area contributed by atoms with E-state index < -0.39 is 13.7 Å². The fourth-order valence-electron chi connectivity index (χ4n) is 2.27. The quantitative estimate of drug-likeness (QED) is 0.413. The van der Waals surface area contributed by atoms with Gasteiger partial charge in [-0.25, -0.2) is 0 Å². The van der Waals surface area contributed by atoms with E-state index in [4.69, 9.17) is 9.16 Å². The van der Waals surface area contributed by atoms with Crippen molar-refractivity contribution in [3.05, 3.63) is 12.3 Å². The zero-order valence-corrected chi connectivity index (χ0v) is 15.7. The first-order valence-corrected chi connectivity index (χ1v) is 10.9. The van der Waals surface area contributed by atoms with Crippen LogP contribution in [0.4, 0.5) is 0 Å². The summed E-state index contributed by atoms with van der Waals surface area (Å²) in [6.45, 7) is 13.1. The van der Waals surface area contributed by atoms with Gasteiger partial charge in [0.1, 0.15) is 0 Å². The van der Waals surface area contributed by atoms with Crippen LogP contribution in [0.1, 0.15) is 47.0 Å². The molecule has 0 heterocycles. The van der Waals surface area contributed by atoms with Crippen LogP contribution in [0.3, 0.4) is 0 Å². The summed E-state index contributed by atoms with van der Waals surface area (Å²) in [6, 6.07) is 2.38. The molecule has 0 bridgehead atoms. The monoisotopic (exact) mass is 323 g/mol. The van der Waals surface area contributed by atoms with Crippen molar-refractivity contribution in [2.75, 3.05) is 6.61 Å². The fraction of sp³-hybridized carbons (Fsp3) is 0.765. The van der Waals surface area contributed by atoms with Gasteiger partial charge < -0.3 is 9.16 Å². The molecule has 2 atom stereocenters. The maximum atomic E-state index is 11.6. The number of nitriles is 1. The third-order valence-corrected chi connectivity index (χ3v) is 9.43. The zero-order valence-electron chi connectivity index (χ0n) is 14.7. The van der Waals surface area contributed by atoms with E-state index in [1.807, 2.05) is 6.08 Å². The van der Waals surface area contributed by atoms with Crippen molar-refractivity contribution >= 4 is 14.3 Å². The highest BCUT2D eigenvalue weighted by atomic mass is 28.4. The summed E-state index contributed by atoms with van der Waals surface area (Å²) in [5, 5.41) is 9.67. The number of hydrogen-bond acceptors (Lipinski definition) is 4. The third kappa shape index (κ3) is 4.13. The lowest BCUT2D eigenvalue weighted by Gasteiger charge is -2.42. The molecular formula is C17H29NO3Si. The van der Waals surface area contributed by atoms with Crippen LogP contribution in [0.15, 0.2) is 12.3 Å². The van der Waals surface area contributed by atoms with E-state index in [-0.39, 0.29) is 16.9 Å². The predicted molar refractivity (Wildman–Crippen MR) is 89.4 cm³/mol. The van der Waals surface area contributed by atoms with E-state index >= 15 is 0 Å². The van der Waals surface area contributed by atoms with Crippen LogP contribution in [0.2, 0.25) is 18.1 Å². The van der Waals surface area contributed by atoms with Gasteiger partial charge in [-0.1, -0.05) is 20.8 Å². The van der Waals surface area contributed by atoms with Crippen molar-refractivity contribution in [2.24, 2.45) is 11.3 Å². The summed E-state index contributed by atoms with van der Waals surface area (Å²) >= 11 is 0. The van der Waals surface area contributed by atoms with Gasteiger partial charge in [0, 0.05) is 0 Å². The van der Waals surface area contributed by atoms with Crippen LogP contribution in [0.25, 0.3) is 0 Å². The Bertz CT molecular complexity index is 473. The largest absolute Gasteiger partial charge is 0.549 e. The Balaban J connectivity index is 2.71. The molecule has 1 saturated carbocycles. The predicted octanol–water partition coefficient (Wildman–Crippen LogP) is 4.40. The highest BCUT2D eigenvalue weighted by Gasteiger charge is 2.47. The number of carbonyl (C=O) groups excluding carboxylic acids is 1. The van der Waals surface area contributed by atoms with E-state index in [1.165, 1.54) is 0 Å².